The summed E-state index contributed by atoms with van der Waals surface area (Å²) in [5.74, 6) is 0.332. The van der Waals surface area contributed by atoms with E-state index in [9.17, 15) is 14.7 Å². The molecule has 0 radical (unpaired) electrons. The molecule has 0 amide bonds. The van der Waals surface area contributed by atoms with Gasteiger partial charge < -0.3 is 24.9 Å². The number of hydrogen-bond acceptors (Lipinski definition) is 5. The smallest absolute Gasteiger partial charge is 0.320 e. The first kappa shape index (κ1) is 26.9. The van der Waals surface area contributed by atoms with Gasteiger partial charge in [-0.1, -0.05) is 19.9 Å². The molecule has 35 heavy (non-hydrogen) atoms. The number of fused-ring (bicyclic) bond motifs is 1. The van der Waals surface area contributed by atoms with Gasteiger partial charge in [0, 0.05) is 29.9 Å². The SMILES string of the molecule is Cc1cc(-c2nc3cc(CN[C@@H](CC(C)C)C(=O)O)ccc3n2C2CCN(C)CC2)c[nH]c1=O.Cl. The van der Waals surface area contributed by atoms with Gasteiger partial charge in [0.2, 0.25) is 0 Å². The highest BCUT2D eigenvalue weighted by molar-refractivity contribution is 5.85. The fourth-order valence-electron chi connectivity index (χ4n) is 4.79. The van der Waals surface area contributed by atoms with Crippen LogP contribution in [0.5, 0.6) is 0 Å². The van der Waals surface area contributed by atoms with Crippen molar-refractivity contribution in [3.63, 3.8) is 0 Å². The van der Waals surface area contributed by atoms with Crippen LogP contribution in [0.3, 0.4) is 0 Å². The van der Waals surface area contributed by atoms with E-state index in [0.717, 1.165) is 53.9 Å². The number of aliphatic carboxylic acids is 1. The number of H-pyrrole nitrogens is 1. The molecule has 4 rings (SSSR count). The van der Waals surface area contributed by atoms with E-state index in [1.165, 1.54) is 0 Å². The highest BCUT2D eigenvalue weighted by Crippen LogP contribution is 2.33. The van der Waals surface area contributed by atoms with Gasteiger partial charge in [-0.2, -0.15) is 0 Å². The largest absolute Gasteiger partial charge is 0.480 e. The van der Waals surface area contributed by atoms with Gasteiger partial charge in [0.05, 0.1) is 11.0 Å². The Bertz CT molecular complexity index is 1230. The number of likely N-dealkylation sites (tertiary alicyclic amines) is 1. The lowest BCUT2D eigenvalue weighted by Gasteiger charge is -2.31. The Hall–Kier alpha value is -2.68. The van der Waals surface area contributed by atoms with E-state index in [4.69, 9.17) is 4.98 Å². The number of piperidine rings is 1. The number of benzene rings is 1. The summed E-state index contributed by atoms with van der Waals surface area (Å²) in [6, 6.07) is 7.85. The van der Waals surface area contributed by atoms with E-state index in [-0.39, 0.29) is 18.0 Å². The molecule has 0 bridgehead atoms. The second-order valence-corrected chi connectivity index (χ2v) is 9.96. The molecule has 1 atom stereocenters. The summed E-state index contributed by atoms with van der Waals surface area (Å²) >= 11 is 0. The Morgan fingerprint density at radius 1 is 1.26 bits per heavy atom. The minimum absolute atomic E-state index is 0. The van der Waals surface area contributed by atoms with Gasteiger partial charge in [-0.05, 0) is 76.0 Å². The van der Waals surface area contributed by atoms with E-state index in [2.05, 4.69) is 38.9 Å². The van der Waals surface area contributed by atoms with Gasteiger partial charge in [-0.15, -0.1) is 12.4 Å². The van der Waals surface area contributed by atoms with Crippen molar-refractivity contribution in [3.8, 4) is 11.4 Å². The number of carboxylic acid groups (broad SMARTS) is 1. The zero-order valence-electron chi connectivity index (χ0n) is 20.9. The lowest BCUT2D eigenvalue weighted by atomic mass is 10.0. The summed E-state index contributed by atoms with van der Waals surface area (Å²) in [6.07, 6.45) is 4.40. The van der Waals surface area contributed by atoms with Gasteiger partial charge in [0.15, 0.2) is 0 Å². The predicted octanol–water partition coefficient (Wildman–Crippen LogP) is 3.98. The van der Waals surface area contributed by atoms with Gasteiger partial charge in [0.25, 0.3) is 5.56 Å². The van der Waals surface area contributed by atoms with Crippen molar-refractivity contribution in [2.75, 3.05) is 20.1 Å². The maximum atomic E-state index is 11.9. The van der Waals surface area contributed by atoms with Crippen LogP contribution in [0.1, 0.15) is 50.3 Å². The van der Waals surface area contributed by atoms with Crippen LogP contribution in [0, 0.1) is 12.8 Å². The Morgan fingerprint density at radius 2 is 1.97 bits per heavy atom. The molecule has 8 nitrogen and oxygen atoms in total. The first-order chi connectivity index (χ1) is 16.2. The van der Waals surface area contributed by atoms with Gasteiger partial charge in [-0.25, -0.2) is 4.98 Å². The quantitative estimate of drug-likeness (QED) is 0.431. The number of rotatable bonds is 8. The number of nitrogens with one attached hydrogen (secondary N) is 2. The van der Waals surface area contributed by atoms with Gasteiger partial charge >= 0.3 is 5.97 Å². The van der Waals surface area contributed by atoms with Crippen molar-refractivity contribution >= 4 is 29.4 Å². The number of halogens is 1. The van der Waals surface area contributed by atoms with Gasteiger partial charge in [0.1, 0.15) is 11.9 Å². The Balaban J connectivity index is 0.00000342. The average Bonchev–Trinajstić information content (AvgIpc) is 3.17. The van der Waals surface area contributed by atoms with Crippen LogP contribution in [0.4, 0.5) is 0 Å². The zero-order chi connectivity index (χ0) is 24.4. The van der Waals surface area contributed by atoms with Gasteiger partial charge in [-0.3, -0.25) is 9.59 Å². The highest BCUT2D eigenvalue weighted by Gasteiger charge is 2.25. The molecule has 0 saturated carbocycles. The maximum absolute atomic E-state index is 11.9. The van der Waals surface area contributed by atoms with Crippen LogP contribution in [0.25, 0.3) is 22.4 Å². The van der Waals surface area contributed by atoms with E-state index >= 15 is 0 Å². The number of pyridine rings is 1. The first-order valence-corrected chi connectivity index (χ1v) is 12.1. The third-order valence-electron chi connectivity index (χ3n) is 6.71. The number of aromatic amines is 1. The summed E-state index contributed by atoms with van der Waals surface area (Å²) in [6.45, 7) is 8.39. The fraction of sp³-hybridized carbons (Fsp3) is 0.500. The molecule has 190 valence electrons. The standard InChI is InChI=1S/C26H35N5O3.ClH/c1-16(2)11-22(26(33)34)27-14-18-5-6-23-21(13-18)29-24(19-12-17(3)25(32)28-15-19)31(23)20-7-9-30(4)10-8-20;/h5-6,12-13,15-16,20,22,27H,7-11,14H2,1-4H3,(H,28,32)(H,33,34);1H/t22-;/m0./s1. The van der Waals surface area contributed by atoms with Crippen LogP contribution >= 0.6 is 12.4 Å². The number of nitrogens with zero attached hydrogens (tertiary/aromatic N) is 3. The Morgan fingerprint density at radius 3 is 2.60 bits per heavy atom. The second kappa shape index (κ2) is 11.4. The Kier molecular flexibility index (Phi) is 8.74. The first-order valence-electron chi connectivity index (χ1n) is 12.1. The molecule has 1 aromatic carbocycles. The minimum atomic E-state index is -0.822. The summed E-state index contributed by atoms with van der Waals surface area (Å²) < 4.78 is 2.32. The van der Waals surface area contributed by atoms with Crippen molar-refractivity contribution in [1.82, 2.24) is 24.8 Å². The van der Waals surface area contributed by atoms with Crippen LogP contribution in [0.2, 0.25) is 0 Å². The van der Waals surface area contributed by atoms with Crippen LogP contribution in [0.15, 0.2) is 35.3 Å². The van der Waals surface area contributed by atoms with Crippen molar-refractivity contribution < 1.29 is 9.90 Å². The van der Waals surface area contributed by atoms with Crippen LogP contribution in [-0.2, 0) is 11.3 Å². The second-order valence-electron chi connectivity index (χ2n) is 9.96. The topological polar surface area (TPSA) is 103 Å². The van der Waals surface area contributed by atoms with E-state index < -0.39 is 12.0 Å². The number of carboxylic acids is 1. The molecule has 1 fully saturated rings. The molecule has 1 saturated heterocycles. The van der Waals surface area contributed by atoms with E-state index in [1.54, 1.807) is 6.20 Å². The number of aromatic nitrogens is 3. The normalized spacial score (nSPS) is 15.9. The van der Waals surface area contributed by atoms with Crippen molar-refractivity contribution in [1.29, 1.82) is 0 Å². The van der Waals surface area contributed by atoms with E-state index in [0.29, 0.717) is 30.5 Å². The summed E-state index contributed by atoms with van der Waals surface area (Å²) in [4.78, 5) is 33.7. The number of carbonyl (C=O) groups is 1. The molecule has 9 heteroatoms. The summed E-state index contributed by atoms with van der Waals surface area (Å²) in [7, 11) is 2.15. The third kappa shape index (κ3) is 6.12. The summed E-state index contributed by atoms with van der Waals surface area (Å²) in [5, 5.41) is 12.7. The van der Waals surface area contributed by atoms with Crippen LogP contribution in [-0.4, -0.2) is 56.7 Å². The van der Waals surface area contributed by atoms with E-state index in [1.807, 2.05) is 32.9 Å². The molecule has 3 aromatic rings. The molecule has 0 spiro atoms. The molecular weight excluding hydrogens is 466 g/mol. The zero-order valence-corrected chi connectivity index (χ0v) is 21.7. The van der Waals surface area contributed by atoms with Crippen LogP contribution < -0.4 is 10.9 Å². The molecule has 2 aromatic heterocycles. The lowest BCUT2D eigenvalue weighted by Crippen LogP contribution is -2.37. The Labute approximate surface area is 212 Å². The number of imidazole rings is 1. The average molecular weight is 502 g/mol. The monoisotopic (exact) mass is 501 g/mol. The molecule has 0 aliphatic carbocycles. The van der Waals surface area contributed by atoms with Crippen molar-refractivity contribution in [2.24, 2.45) is 5.92 Å². The van der Waals surface area contributed by atoms with Crippen molar-refractivity contribution in [2.45, 2.75) is 58.7 Å². The predicted molar refractivity (Wildman–Crippen MR) is 141 cm³/mol. The minimum Gasteiger partial charge on any atom is -0.480 e. The summed E-state index contributed by atoms with van der Waals surface area (Å²) in [5.41, 5.74) is 4.42. The number of aryl methyl sites for hydroxylation is 1. The maximum Gasteiger partial charge on any atom is 0.320 e. The third-order valence-corrected chi connectivity index (χ3v) is 6.71. The number of hydrogen-bond donors (Lipinski definition) is 3. The molecule has 1 aliphatic heterocycles. The highest BCUT2D eigenvalue weighted by atomic mass is 35.5. The molecular formula is C26H36ClN5O3. The fourth-order valence-corrected chi connectivity index (χ4v) is 4.79. The molecule has 1 aliphatic rings. The lowest BCUT2D eigenvalue weighted by molar-refractivity contribution is -0.140. The molecule has 3 heterocycles. The van der Waals surface area contributed by atoms with Crippen molar-refractivity contribution in [3.05, 3.63) is 51.9 Å². The molecule has 0 unspecified atom stereocenters. The molecule has 3 N–H and O–H groups in total.